The zero-order chi connectivity index (χ0) is 10.7. The van der Waals surface area contributed by atoms with Crippen LogP contribution in [0, 0.1) is 5.92 Å². The van der Waals surface area contributed by atoms with Crippen molar-refractivity contribution in [2.75, 3.05) is 19.8 Å². The Labute approximate surface area is 103 Å². The highest BCUT2D eigenvalue weighted by Crippen LogP contribution is 2.26. The lowest BCUT2D eigenvalue weighted by Crippen LogP contribution is -2.48. The molecule has 1 unspecified atom stereocenters. The maximum atomic E-state index is 11.6. The van der Waals surface area contributed by atoms with Crippen molar-refractivity contribution in [1.29, 1.82) is 0 Å². The van der Waals surface area contributed by atoms with Gasteiger partial charge in [0.2, 0.25) is 5.91 Å². The van der Waals surface area contributed by atoms with Gasteiger partial charge in [0, 0.05) is 25.0 Å². The molecule has 1 saturated heterocycles. The molecule has 1 aliphatic heterocycles. The van der Waals surface area contributed by atoms with E-state index in [1.807, 2.05) is 0 Å². The quantitative estimate of drug-likeness (QED) is 0.773. The lowest BCUT2D eigenvalue weighted by molar-refractivity contribution is -0.123. The molecule has 1 aliphatic carbocycles. The Bertz CT molecular complexity index is 226. The Balaban J connectivity index is 0.00000128. The highest BCUT2D eigenvalue weighted by molar-refractivity contribution is 5.85. The molecule has 2 aliphatic rings. The molecule has 4 nitrogen and oxygen atoms in total. The van der Waals surface area contributed by atoms with Gasteiger partial charge in [-0.2, -0.15) is 0 Å². The van der Waals surface area contributed by atoms with Gasteiger partial charge in [-0.15, -0.1) is 12.4 Å². The summed E-state index contributed by atoms with van der Waals surface area (Å²) in [6.45, 7) is 4.50. The summed E-state index contributed by atoms with van der Waals surface area (Å²) in [5.74, 6) is 0.946. The van der Waals surface area contributed by atoms with Gasteiger partial charge in [-0.1, -0.05) is 6.92 Å². The second kappa shape index (κ2) is 6.42. The number of morpholine rings is 1. The molecule has 2 fully saturated rings. The van der Waals surface area contributed by atoms with E-state index >= 15 is 0 Å². The fourth-order valence-corrected chi connectivity index (χ4v) is 2.28. The van der Waals surface area contributed by atoms with Crippen LogP contribution in [0.2, 0.25) is 0 Å². The van der Waals surface area contributed by atoms with Crippen LogP contribution in [0.1, 0.15) is 26.2 Å². The summed E-state index contributed by atoms with van der Waals surface area (Å²) in [6, 6.07) is 0.633. The molecule has 2 N–H and O–H groups in total. The first kappa shape index (κ1) is 13.7. The third-order valence-corrected chi connectivity index (χ3v) is 3.17. The summed E-state index contributed by atoms with van der Waals surface area (Å²) in [5.41, 5.74) is 0. The first-order valence-corrected chi connectivity index (χ1v) is 5.84. The van der Waals surface area contributed by atoms with Crippen molar-refractivity contribution in [3.63, 3.8) is 0 Å². The molecular weight excluding hydrogens is 228 g/mol. The molecule has 2 rings (SSSR count). The maximum absolute atomic E-state index is 11.6. The van der Waals surface area contributed by atoms with Crippen LogP contribution in [0.15, 0.2) is 0 Å². The number of amides is 1. The van der Waals surface area contributed by atoms with E-state index < -0.39 is 0 Å². The number of carbonyl (C=O) groups excluding carboxylic acids is 1. The van der Waals surface area contributed by atoms with E-state index in [-0.39, 0.29) is 24.4 Å². The highest BCUT2D eigenvalue weighted by Gasteiger charge is 2.27. The average Bonchev–Trinajstić information content (AvgIpc) is 2.17. The van der Waals surface area contributed by atoms with Crippen LogP contribution in [-0.4, -0.2) is 37.7 Å². The number of nitrogens with one attached hydrogen (secondary N) is 2. The summed E-state index contributed by atoms with van der Waals surface area (Å²) in [6.07, 6.45) is 2.82. The van der Waals surface area contributed by atoms with E-state index in [0.29, 0.717) is 19.1 Å². The van der Waals surface area contributed by atoms with Crippen LogP contribution in [-0.2, 0) is 9.53 Å². The fraction of sp³-hybridized carbons (Fsp3) is 0.909. The van der Waals surface area contributed by atoms with Gasteiger partial charge < -0.3 is 15.4 Å². The smallest absolute Gasteiger partial charge is 0.221 e. The van der Waals surface area contributed by atoms with Gasteiger partial charge in [0.15, 0.2) is 0 Å². The van der Waals surface area contributed by atoms with Crippen molar-refractivity contribution < 1.29 is 9.53 Å². The topological polar surface area (TPSA) is 50.4 Å². The minimum atomic E-state index is 0. The maximum Gasteiger partial charge on any atom is 0.221 e. The predicted octanol–water partition coefficient (Wildman–Crippen LogP) is 0.701. The van der Waals surface area contributed by atoms with Crippen molar-refractivity contribution in [2.45, 2.75) is 38.3 Å². The molecule has 0 radical (unpaired) electrons. The van der Waals surface area contributed by atoms with E-state index in [1.165, 1.54) is 0 Å². The van der Waals surface area contributed by atoms with Gasteiger partial charge in [0.25, 0.3) is 0 Å². The predicted molar refractivity (Wildman–Crippen MR) is 64.8 cm³/mol. The van der Waals surface area contributed by atoms with Gasteiger partial charge in [0.1, 0.15) is 0 Å². The van der Waals surface area contributed by atoms with Crippen molar-refractivity contribution in [3.8, 4) is 0 Å². The van der Waals surface area contributed by atoms with E-state index in [1.54, 1.807) is 0 Å². The lowest BCUT2D eigenvalue weighted by atomic mass is 9.82. The third kappa shape index (κ3) is 3.92. The number of ether oxygens (including phenoxy) is 1. The number of rotatable bonds is 3. The standard InChI is InChI=1S/C11H20N2O2.ClH/c1-8-4-9(5-8)13-11(14)6-10-7-15-3-2-12-10;/h8-10,12H,2-7H2,1H3,(H,13,14);1H. The zero-order valence-corrected chi connectivity index (χ0v) is 10.5. The molecular formula is C11H21ClN2O2. The van der Waals surface area contributed by atoms with Crippen LogP contribution in [0.5, 0.6) is 0 Å². The monoisotopic (exact) mass is 248 g/mol. The van der Waals surface area contributed by atoms with E-state index in [0.717, 1.165) is 31.9 Å². The number of carbonyl (C=O) groups is 1. The normalized spacial score (nSPS) is 33.4. The summed E-state index contributed by atoms with van der Waals surface area (Å²) in [5, 5.41) is 6.34. The Hall–Kier alpha value is -0.320. The largest absolute Gasteiger partial charge is 0.378 e. The van der Waals surface area contributed by atoms with Crippen LogP contribution in [0.4, 0.5) is 0 Å². The summed E-state index contributed by atoms with van der Waals surface area (Å²) in [7, 11) is 0. The van der Waals surface area contributed by atoms with Crippen molar-refractivity contribution in [1.82, 2.24) is 10.6 Å². The minimum absolute atomic E-state index is 0. The molecule has 1 atom stereocenters. The Morgan fingerprint density at radius 2 is 2.25 bits per heavy atom. The molecule has 0 aromatic heterocycles. The number of halogens is 1. The Morgan fingerprint density at radius 3 is 2.81 bits per heavy atom. The third-order valence-electron chi connectivity index (χ3n) is 3.17. The molecule has 1 amide bonds. The lowest BCUT2D eigenvalue weighted by Gasteiger charge is -2.34. The first-order chi connectivity index (χ1) is 7.24. The van der Waals surface area contributed by atoms with Crippen molar-refractivity contribution in [2.24, 2.45) is 5.92 Å². The number of hydrogen-bond donors (Lipinski definition) is 2. The fourth-order valence-electron chi connectivity index (χ4n) is 2.28. The van der Waals surface area contributed by atoms with Crippen LogP contribution in [0.3, 0.4) is 0 Å². The molecule has 0 aromatic rings. The molecule has 1 heterocycles. The zero-order valence-electron chi connectivity index (χ0n) is 9.70. The highest BCUT2D eigenvalue weighted by atomic mass is 35.5. The van der Waals surface area contributed by atoms with Gasteiger partial charge in [-0.05, 0) is 18.8 Å². The van der Waals surface area contributed by atoms with Crippen LogP contribution >= 0.6 is 12.4 Å². The van der Waals surface area contributed by atoms with E-state index in [2.05, 4.69) is 17.6 Å². The molecule has 0 spiro atoms. The van der Waals surface area contributed by atoms with Crippen molar-refractivity contribution in [3.05, 3.63) is 0 Å². The Morgan fingerprint density at radius 1 is 1.50 bits per heavy atom. The second-order valence-electron chi connectivity index (χ2n) is 4.77. The van der Waals surface area contributed by atoms with Crippen LogP contribution in [0.25, 0.3) is 0 Å². The van der Waals surface area contributed by atoms with Gasteiger partial charge in [-0.3, -0.25) is 4.79 Å². The molecule has 94 valence electrons. The van der Waals surface area contributed by atoms with Crippen LogP contribution < -0.4 is 10.6 Å². The summed E-state index contributed by atoms with van der Waals surface area (Å²) >= 11 is 0. The van der Waals surface area contributed by atoms with Crippen molar-refractivity contribution >= 4 is 18.3 Å². The average molecular weight is 249 g/mol. The molecule has 1 saturated carbocycles. The van der Waals surface area contributed by atoms with Gasteiger partial charge in [0.05, 0.1) is 13.2 Å². The molecule has 16 heavy (non-hydrogen) atoms. The molecule has 0 aromatic carbocycles. The van der Waals surface area contributed by atoms with Gasteiger partial charge in [-0.25, -0.2) is 0 Å². The first-order valence-electron chi connectivity index (χ1n) is 5.84. The second-order valence-corrected chi connectivity index (χ2v) is 4.77. The number of hydrogen-bond acceptors (Lipinski definition) is 3. The molecule has 0 bridgehead atoms. The SMILES string of the molecule is CC1CC(NC(=O)CC2COCCN2)C1.Cl. The summed E-state index contributed by atoms with van der Waals surface area (Å²) < 4.78 is 5.30. The summed E-state index contributed by atoms with van der Waals surface area (Å²) in [4.78, 5) is 11.6. The molecule has 5 heteroatoms. The van der Waals surface area contributed by atoms with E-state index in [4.69, 9.17) is 4.74 Å². The van der Waals surface area contributed by atoms with E-state index in [9.17, 15) is 4.79 Å². The van der Waals surface area contributed by atoms with Gasteiger partial charge >= 0.3 is 0 Å². The Kier molecular flexibility index (Phi) is 5.52. The minimum Gasteiger partial charge on any atom is -0.378 e.